The molecule has 6 nitrogen and oxygen atoms in total. The molecule has 0 aliphatic rings. The van der Waals surface area contributed by atoms with Gasteiger partial charge in [-0.25, -0.2) is 4.98 Å². The number of nitrogens with zero attached hydrogens (tertiary/aromatic N) is 3. The number of hydrogen-bond donors (Lipinski definition) is 1. The topological polar surface area (TPSA) is 69.4 Å². The van der Waals surface area contributed by atoms with Crippen molar-refractivity contribution in [2.45, 2.75) is 26.0 Å². The number of hydrogen-bond acceptors (Lipinski definition) is 5. The van der Waals surface area contributed by atoms with Crippen LogP contribution >= 0.6 is 0 Å². The predicted molar refractivity (Wildman–Crippen MR) is 58.1 cm³/mol. The molecule has 92 valence electrons. The molecule has 1 atom stereocenters. The van der Waals surface area contributed by atoms with Gasteiger partial charge >= 0.3 is 0 Å². The van der Waals surface area contributed by atoms with Gasteiger partial charge in [0.1, 0.15) is 12.2 Å². The maximum atomic E-state index is 9.69. The highest BCUT2D eigenvalue weighted by molar-refractivity contribution is 4.87. The van der Waals surface area contributed by atoms with E-state index in [1.807, 2.05) is 6.92 Å². The van der Waals surface area contributed by atoms with Gasteiger partial charge < -0.3 is 14.6 Å². The maximum absolute atomic E-state index is 9.69. The lowest BCUT2D eigenvalue weighted by atomic mass is 10.2. The molecule has 16 heavy (non-hydrogen) atoms. The molecular weight excluding hydrogens is 210 g/mol. The minimum Gasteiger partial charge on any atom is -0.390 e. The van der Waals surface area contributed by atoms with Gasteiger partial charge in [0.2, 0.25) is 0 Å². The van der Waals surface area contributed by atoms with E-state index in [0.29, 0.717) is 26.2 Å². The third kappa shape index (κ3) is 4.26. The number of rotatable bonds is 8. The fourth-order valence-corrected chi connectivity index (χ4v) is 1.34. The van der Waals surface area contributed by atoms with Gasteiger partial charge in [0.15, 0.2) is 0 Å². The summed E-state index contributed by atoms with van der Waals surface area (Å²) in [6, 6.07) is 0. The summed E-state index contributed by atoms with van der Waals surface area (Å²) in [5, 5.41) is 13.7. The fourth-order valence-electron chi connectivity index (χ4n) is 1.34. The van der Waals surface area contributed by atoms with Gasteiger partial charge in [-0.15, -0.1) is 0 Å². The van der Waals surface area contributed by atoms with Crippen molar-refractivity contribution >= 4 is 0 Å². The summed E-state index contributed by atoms with van der Waals surface area (Å²) in [6.45, 7) is 4.07. The predicted octanol–water partition coefficient (Wildman–Crippen LogP) is -0.136. The first-order chi connectivity index (χ1) is 7.77. The zero-order valence-corrected chi connectivity index (χ0v) is 9.80. The molecule has 1 rings (SSSR count). The summed E-state index contributed by atoms with van der Waals surface area (Å²) in [5.74, 6) is 0.783. The van der Waals surface area contributed by atoms with Crippen LogP contribution in [0.1, 0.15) is 12.7 Å². The quantitative estimate of drug-likeness (QED) is 0.629. The third-order valence-electron chi connectivity index (χ3n) is 2.16. The molecule has 0 bridgehead atoms. The Bertz CT molecular complexity index is 291. The number of aliphatic hydroxyl groups is 1. The van der Waals surface area contributed by atoms with E-state index in [4.69, 9.17) is 9.47 Å². The second-order valence-electron chi connectivity index (χ2n) is 3.42. The van der Waals surface area contributed by atoms with Gasteiger partial charge in [-0.1, -0.05) is 0 Å². The highest BCUT2D eigenvalue weighted by Crippen LogP contribution is 2.00. The lowest BCUT2D eigenvalue weighted by molar-refractivity contribution is 0.0127. The van der Waals surface area contributed by atoms with Gasteiger partial charge in [0, 0.05) is 20.1 Å². The first-order valence-electron chi connectivity index (χ1n) is 5.39. The Morgan fingerprint density at radius 1 is 1.50 bits per heavy atom. The molecule has 0 radical (unpaired) electrons. The van der Waals surface area contributed by atoms with E-state index in [1.165, 1.54) is 6.33 Å². The molecular formula is C10H19N3O3. The van der Waals surface area contributed by atoms with Crippen LogP contribution < -0.4 is 0 Å². The van der Waals surface area contributed by atoms with Crippen molar-refractivity contribution in [3.63, 3.8) is 0 Å². The molecule has 6 heteroatoms. The Balaban J connectivity index is 2.25. The zero-order chi connectivity index (χ0) is 11.8. The van der Waals surface area contributed by atoms with Gasteiger partial charge in [0.05, 0.1) is 25.9 Å². The maximum Gasteiger partial charge on any atom is 0.138 e. The average Bonchev–Trinajstić information content (AvgIpc) is 2.71. The Hall–Kier alpha value is -0.980. The number of methoxy groups -OCH3 is 1. The Labute approximate surface area is 95.2 Å². The Morgan fingerprint density at radius 3 is 3.00 bits per heavy atom. The molecule has 0 saturated heterocycles. The molecule has 0 saturated carbocycles. The van der Waals surface area contributed by atoms with Crippen LogP contribution in [-0.4, -0.2) is 52.9 Å². The van der Waals surface area contributed by atoms with E-state index in [2.05, 4.69) is 10.1 Å². The summed E-state index contributed by atoms with van der Waals surface area (Å²) in [4.78, 5) is 4.08. The van der Waals surface area contributed by atoms with Crippen LogP contribution in [0.4, 0.5) is 0 Å². The van der Waals surface area contributed by atoms with Gasteiger partial charge in [0.25, 0.3) is 0 Å². The lowest BCUT2D eigenvalue weighted by Gasteiger charge is -2.10. The molecule has 0 spiro atoms. The van der Waals surface area contributed by atoms with Crippen molar-refractivity contribution < 1.29 is 14.6 Å². The Kier molecular flexibility index (Phi) is 5.99. The average molecular weight is 229 g/mol. The number of aromatic nitrogens is 3. The van der Waals surface area contributed by atoms with Crippen LogP contribution in [0, 0.1) is 0 Å². The zero-order valence-electron chi connectivity index (χ0n) is 9.80. The molecule has 0 aliphatic heterocycles. The minimum atomic E-state index is -0.550. The number of aryl methyl sites for hydroxylation is 1. The molecule has 1 aromatic heterocycles. The van der Waals surface area contributed by atoms with Gasteiger partial charge in [-0.05, 0) is 6.92 Å². The lowest BCUT2D eigenvalue weighted by Crippen LogP contribution is -2.21. The van der Waals surface area contributed by atoms with E-state index in [0.717, 1.165) is 12.4 Å². The van der Waals surface area contributed by atoms with E-state index >= 15 is 0 Å². The molecule has 1 unspecified atom stereocenters. The highest BCUT2D eigenvalue weighted by atomic mass is 16.5. The molecule has 0 aliphatic carbocycles. The fraction of sp³-hybridized carbons (Fsp3) is 0.800. The standard InChI is InChI=1S/C10H19N3O3/c1-3-13-10(11-8-12-13)6-9(14)7-16-5-4-15-2/h8-9,14H,3-7H2,1-2H3. The monoisotopic (exact) mass is 229 g/mol. The van der Waals surface area contributed by atoms with Crippen molar-refractivity contribution in [3.8, 4) is 0 Å². The SMILES string of the molecule is CCn1ncnc1CC(O)COCCOC. The Morgan fingerprint density at radius 2 is 2.31 bits per heavy atom. The highest BCUT2D eigenvalue weighted by Gasteiger charge is 2.10. The van der Waals surface area contributed by atoms with Crippen LogP contribution in [0.3, 0.4) is 0 Å². The van der Waals surface area contributed by atoms with Crippen molar-refractivity contribution in [3.05, 3.63) is 12.2 Å². The minimum absolute atomic E-state index is 0.292. The number of aliphatic hydroxyl groups excluding tert-OH is 1. The van der Waals surface area contributed by atoms with E-state index in [1.54, 1.807) is 11.8 Å². The second kappa shape index (κ2) is 7.32. The molecule has 0 aromatic carbocycles. The summed E-state index contributed by atoms with van der Waals surface area (Å²) >= 11 is 0. The smallest absolute Gasteiger partial charge is 0.138 e. The van der Waals surface area contributed by atoms with Crippen molar-refractivity contribution in [1.29, 1.82) is 0 Å². The van der Waals surface area contributed by atoms with Crippen LogP contribution in [0.25, 0.3) is 0 Å². The van der Waals surface area contributed by atoms with E-state index < -0.39 is 6.10 Å². The molecule has 0 fully saturated rings. The second-order valence-corrected chi connectivity index (χ2v) is 3.42. The van der Waals surface area contributed by atoms with Crippen LogP contribution in [0.5, 0.6) is 0 Å². The first-order valence-corrected chi connectivity index (χ1v) is 5.39. The van der Waals surface area contributed by atoms with Crippen LogP contribution in [0.15, 0.2) is 6.33 Å². The van der Waals surface area contributed by atoms with E-state index in [9.17, 15) is 5.11 Å². The van der Waals surface area contributed by atoms with Gasteiger partial charge in [-0.3, -0.25) is 4.68 Å². The summed E-state index contributed by atoms with van der Waals surface area (Å²) in [6.07, 6.45) is 1.41. The largest absolute Gasteiger partial charge is 0.390 e. The summed E-state index contributed by atoms with van der Waals surface area (Å²) in [5.41, 5.74) is 0. The first kappa shape index (κ1) is 13.1. The molecule has 0 amide bonds. The van der Waals surface area contributed by atoms with Crippen molar-refractivity contribution in [2.75, 3.05) is 26.9 Å². The summed E-state index contributed by atoms with van der Waals surface area (Å²) < 4.78 is 11.8. The molecule has 1 aromatic rings. The summed E-state index contributed by atoms with van der Waals surface area (Å²) in [7, 11) is 1.61. The third-order valence-corrected chi connectivity index (χ3v) is 2.16. The normalized spacial score (nSPS) is 12.9. The van der Waals surface area contributed by atoms with E-state index in [-0.39, 0.29) is 0 Å². The molecule has 1 N–H and O–H groups in total. The van der Waals surface area contributed by atoms with Crippen LogP contribution in [-0.2, 0) is 22.4 Å². The number of ether oxygens (including phenoxy) is 2. The van der Waals surface area contributed by atoms with Crippen molar-refractivity contribution in [2.24, 2.45) is 0 Å². The van der Waals surface area contributed by atoms with Crippen molar-refractivity contribution in [1.82, 2.24) is 14.8 Å². The molecule has 1 heterocycles. The van der Waals surface area contributed by atoms with Gasteiger partial charge in [-0.2, -0.15) is 5.10 Å². The van der Waals surface area contributed by atoms with Crippen LogP contribution in [0.2, 0.25) is 0 Å².